The molecule has 0 N–H and O–H groups in total. The minimum Gasteiger partial charge on any atom is -0.143 e. The van der Waals surface area contributed by atoms with Gasteiger partial charge in [-0.3, -0.25) is 0 Å². The van der Waals surface area contributed by atoms with Crippen molar-refractivity contribution >= 4 is 68.0 Å². The van der Waals surface area contributed by atoms with Crippen molar-refractivity contribution in [1.82, 2.24) is 0 Å². The van der Waals surface area contributed by atoms with Crippen LogP contribution in [0.1, 0.15) is 112 Å². The summed E-state index contributed by atoms with van der Waals surface area (Å²) in [6, 6.07) is 38.4. The zero-order valence-corrected chi connectivity index (χ0v) is 40.9. The molecule has 0 nitrogen and oxygen atoms in total. The molecule has 2 aliphatic carbocycles. The summed E-state index contributed by atoms with van der Waals surface area (Å²) >= 11 is 11.5. The van der Waals surface area contributed by atoms with Gasteiger partial charge in [0.15, 0.2) is 0 Å². The van der Waals surface area contributed by atoms with Gasteiger partial charge in [0.2, 0.25) is 0 Å². The molecule has 8 aromatic rings. The molecule has 0 amide bonds. The Bertz CT molecular complexity index is 2670. The third-order valence-corrected chi connectivity index (χ3v) is 21.0. The molecule has 0 aliphatic heterocycles. The van der Waals surface area contributed by atoms with Crippen molar-refractivity contribution in [2.24, 2.45) is 11.8 Å². The summed E-state index contributed by atoms with van der Waals surface area (Å²) in [5.41, 5.74) is 12.5. The van der Waals surface area contributed by atoms with Crippen molar-refractivity contribution in [2.75, 3.05) is 0 Å². The second-order valence-corrected chi connectivity index (χ2v) is 23.8. The van der Waals surface area contributed by atoms with E-state index in [1.807, 2.05) is 68.0 Å². The van der Waals surface area contributed by atoms with E-state index in [2.05, 4.69) is 136 Å². The fourth-order valence-corrected chi connectivity index (χ4v) is 16.6. The molecule has 2 unspecified atom stereocenters. The molecule has 0 fully saturated rings. The van der Waals surface area contributed by atoms with Crippen molar-refractivity contribution < 1.29 is 0 Å². The molecule has 312 valence electrons. The van der Waals surface area contributed by atoms with Gasteiger partial charge in [0, 0.05) is 54.2 Å². The molecule has 6 aromatic heterocycles. The number of unbranched alkanes of at least 4 members (excludes halogenated alkanes) is 2. The Morgan fingerprint density at radius 3 is 1.44 bits per heavy atom. The van der Waals surface area contributed by atoms with E-state index in [0.29, 0.717) is 0 Å². The fraction of sp³-hybridized carbons (Fsp3) is 0.345. The maximum absolute atomic E-state index is 2.67. The molecular formula is C55H56S6. The third kappa shape index (κ3) is 8.08. The van der Waals surface area contributed by atoms with Crippen molar-refractivity contribution in [1.29, 1.82) is 0 Å². The smallest absolute Gasteiger partial charge is 0.0478 e. The molecule has 0 saturated carbocycles. The van der Waals surface area contributed by atoms with Gasteiger partial charge in [-0.25, -0.2) is 0 Å². The highest BCUT2D eigenvalue weighted by atomic mass is 32.1. The number of fused-ring (bicyclic) bond motifs is 6. The molecule has 2 aromatic carbocycles. The first-order chi connectivity index (χ1) is 30.0. The monoisotopic (exact) mass is 908 g/mol. The Kier molecular flexibility index (Phi) is 12.3. The molecule has 0 radical (unpaired) electrons. The highest BCUT2D eigenvalue weighted by Crippen LogP contribution is 2.59. The van der Waals surface area contributed by atoms with E-state index in [9.17, 15) is 0 Å². The predicted octanol–water partition coefficient (Wildman–Crippen LogP) is 19.0. The molecule has 0 bridgehead atoms. The Labute approximate surface area is 388 Å². The minimum absolute atomic E-state index is 0.0112. The van der Waals surface area contributed by atoms with E-state index >= 15 is 0 Å². The summed E-state index contributed by atoms with van der Waals surface area (Å²) < 4.78 is 0. The number of hydrogen-bond acceptors (Lipinski definition) is 6. The first kappa shape index (κ1) is 41.6. The predicted molar refractivity (Wildman–Crippen MR) is 275 cm³/mol. The molecule has 6 heterocycles. The van der Waals surface area contributed by atoms with Crippen LogP contribution < -0.4 is 0 Å². The van der Waals surface area contributed by atoms with Gasteiger partial charge in [-0.1, -0.05) is 122 Å². The lowest BCUT2D eigenvalue weighted by atomic mass is 9.74. The zero-order valence-electron chi connectivity index (χ0n) is 36.0. The maximum atomic E-state index is 2.67. The van der Waals surface area contributed by atoms with Gasteiger partial charge < -0.3 is 0 Å². The van der Waals surface area contributed by atoms with Crippen LogP contribution in [0, 0.1) is 11.8 Å². The molecule has 6 heteroatoms. The van der Waals surface area contributed by atoms with E-state index in [-0.39, 0.29) is 5.41 Å². The van der Waals surface area contributed by atoms with Crippen LogP contribution in [0.15, 0.2) is 108 Å². The van der Waals surface area contributed by atoms with Gasteiger partial charge in [-0.05, 0) is 147 Å². The third-order valence-electron chi connectivity index (χ3n) is 13.7. The Hall–Kier alpha value is -3.36. The Morgan fingerprint density at radius 1 is 0.508 bits per heavy atom. The highest BCUT2D eigenvalue weighted by Gasteiger charge is 2.48. The lowest BCUT2D eigenvalue weighted by Crippen LogP contribution is -2.26. The number of hydrogen-bond donors (Lipinski definition) is 0. The van der Waals surface area contributed by atoms with E-state index < -0.39 is 0 Å². The summed E-state index contributed by atoms with van der Waals surface area (Å²) in [4.78, 5) is 13.8. The fourth-order valence-electron chi connectivity index (χ4n) is 10.3. The van der Waals surface area contributed by atoms with Crippen molar-refractivity contribution in [3.63, 3.8) is 0 Å². The van der Waals surface area contributed by atoms with Gasteiger partial charge in [-0.2, -0.15) is 0 Å². The average molecular weight is 909 g/mol. The van der Waals surface area contributed by atoms with Gasteiger partial charge in [0.05, 0.1) is 0 Å². The highest BCUT2D eigenvalue weighted by molar-refractivity contribution is 7.30. The van der Waals surface area contributed by atoms with Crippen LogP contribution in [0.2, 0.25) is 0 Å². The number of thiophene rings is 6. The van der Waals surface area contributed by atoms with Crippen LogP contribution in [0.3, 0.4) is 0 Å². The van der Waals surface area contributed by atoms with Crippen LogP contribution in [0.5, 0.6) is 0 Å². The van der Waals surface area contributed by atoms with Crippen molar-refractivity contribution in [3.8, 4) is 59.9 Å². The van der Waals surface area contributed by atoms with E-state index in [1.54, 1.807) is 33.4 Å². The molecule has 61 heavy (non-hydrogen) atoms. The normalized spacial score (nSPS) is 16.3. The lowest BCUT2D eigenvalue weighted by molar-refractivity contribution is 0.448. The summed E-state index contributed by atoms with van der Waals surface area (Å²) in [5.74, 6) is 1.53. The summed E-state index contributed by atoms with van der Waals surface area (Å²) in [6.45, 7) is 9.46. The molecule has 2 atom stereocenters. The quantitative estimate of drug-likeness (QED) is 0.0854. The molecular weight excluding hydrogens is 853 g/mol. The first-order valence-corrected chi connectivity index (χ1v) is 27.8. The second kappa shape index (κ2) is 18.0. The molecule has 10 rings (SSSR count). The van der Waals surface area contributed by atoms with Gasteiger partial charge in [0.25, 0.3) is 0 Å². The number of rotatable bonds is 17. The average Bonchev–Trinajstić information content (AvgIpc) is 4.13. The lowest BCUT2D eigenvalue weighted by Gasteiger charge is -2.28. The summed E-state index contributed by atoms with van der Waals surface area (Å²) in [5, 5.41) is 4.69. The molecule has 1 spiro atoms. The minimum atomic E-state index is 0.0112. The van der Waals surface area contributed by atoms with Crippen LogP contribution in [-0.4, -0.2) is 0 Å². The molecule has 0 saturated heterocycles. The van der Waals surface area contributed by atoms with Crippen LogP contribution >= 0.6 is 68.0 Å². The van der Waals surface area contributed by atoms with E-state index in [4.69, 9.17) is 0 Å². The SMILES string of the molecule is CCCCC(CC)Cc1ccc2c(c1)C1(Cc3csc(-c4ccc(-c5ccc(-c6ccc(-c7ccc(-c8cccs8)s7)s6)s5)s4)c3C1)c1cc(CC(CC)CCCC)ccc1-2. The Morgan fingerprint density at radius 2 is 0.984 bits per heavy atom. The second-order valence-electron chi connectivity index (χ2n) is 17.6. The van der Waals surface area contributed by atoms with E-state index in [1.165, 1.54) is 124 Å². The number of benzene rings is 2. The van der Waals surface area contributed by atoms with Crippen LogP contribution in [-0.2, 0) is 31.1 Å². The zero-order chi connectivity index (χ0) is 41.5. The Balaban J connectivity index is 0.936. The standard InChI is InChI=1S/C55H56S6/c1-5-9-12-35(7-3)28-37-15-17-40-41-18-16-38(29-36(8-4)13-10-6-2)31-44(41)55(43(40)30-37)32-39-34-57-54(42(39)33-55)53-26-25-52(61-53)51-24-23-50(60-51)49-22-21-48(59-49)47-20-19-46(58-47)45-14-11-27-56-45/h11,14-27,30-31,34-36H,5-10,12-13,28-29,32-33H2,1-4H3. The van der Waals surface area contributed by atoms with Gasteiger partial charge >= 0.3 is 0 Å². The summed E-state index contributed by atoms with van der Waals surface area (Å²) in [6.07, 6.45) is 15.1. The van der Waals surface area contributed by atoms with Crippen LogP contribution in [0.25, 0.3) is 59.9 Å². The maximum Gasteiger partial charge on any atom is 0.0478 e. The topological polar surface area (TPSA) is 0 Å². The van der Waals surface area contributed by atoms with E-state index in [0.717, 1.165) is 24.7 Å². The molecule has 2 aliphatic rings. The van der Waals surface area contributed by atoms with Crippen molar-refractivity contribution in [3.05, 3.63) is 141 Å². The van der Waals surface area contributed by atoms with Gasteiger partial charge in [0.1, 0.15) is 0 Å². The largest absolute Gasteiger partial charge is 0.143 e. The summed E-state index contributed by atoms with van der Waals surface area (Å²) in [7, 11) is 0. The van der Waals surface area contributed by atoms with Crippen molar-refractivity contribution in [2.45, 2.75) is 110 Å². The van der Waals surface area contributed by atoms with Gasteiger partial charge in [-0.15, -0.1) is 68.0 Å². The first-order valence-electron chi connectivity index (χ1n) is 22.8. The van der Waals surface area contributed by atoms with Crippen LogP contribution in [0.4, 0.5) is 0 Å².